The molecular weight excluding hydrogens is 336 g/mol. The molecule has 3 aromatic heterocycles. The Labute approximate surface area is 151 Å². The molecule has 25 heavy (non-hydrogen) atoms. The Kier molecular flexibility index (Phi) is 5.90. The van der Waals surface area contributed by atoms with E-state index in [0.717, 1.165) is 42.7 Å². The standard InChI is InChI=1S/C18H22N4O2S/c1-13-14(2)24-17(22-13)12-21-18(20-11-16-6-4-10-25-16)19-8-7-15-5-3-9-23-15/h3-6,9-10H,7-8,11-12H2,1-2H3,(H2,19,20,21). The maximum Gasteiger partial charge on any atom is 0.216 e. The van der Waals surface area contributed by atoms with Crippen LogP contribution in [0.2, 0.25) is 0 Å². The van der Waals surface area contributed by atoms with Gasteiger partial charge in [-0.2, -0.15) is 0 Å². The Balaban J connectivity index is 1.58. The zero-order valence-corrected chi connectivity index (χ0v) is 15.2. The van der Waals surface area contributed by atoms with E-state index in [9.17, 15) is 0 Å². The lowest BCUT2D eigenvalue weighted by Crippen LogP contribution is -2.38. The number of furan rings is 1. The van der Waals surface area contributed by atoms with Crippen molar-refractivity contribution in [1.82, 2.24) is 15.6 Å². The summed E-state index contributed by atoms with van der Waals surface area (Å²) in [6, 6.07) is 8.00. The minimum Gasteiger partial charge on any atom is -0.469 e. The van der Waals surface area contributed by atoms with Crippen LogP contribution in [0.3, 0.4) is 0 Å². The van der Waals surface area contributed by atoms with Crippen LogP contribution in [0.25, 0.3) is 0 Å². The van der Waals surface area contributed by atoms with Crippen LogP contribution in [-0.4, -0.2) is 17.5 Å². The molecule has 132 valence electrons. The first-order valence-electron chi connectivity index (χ1n) is 8.20. The summed E-state index contributed by atoms with van der Waals surface area (Å²) >= 11 is 1.72. The molecule has 0 aromatic carbocycles. The number of rotatable bonds is 7. The van der Waals surface area contributed by atoms with Gasteiger partial charge in [0.1, 0.15) is 18.1 Å². The fraction of sp³-hybridized carbons (Fsp3) is 0.333. The van der Waals surface area contributed by atoms with E-state index < -0.39 is 0 Å². The van der Waals surface area contributed by atoms with Gasteiger partial charge in [-0.25, -0.2) is 9.98 Å². The average Bonchev–Trinajstić information content (AvgIpc) is 3.34. The number of aliphatic imine (C=N–C) groups is 1. The number of thiophene rings is 1. The van der Waals surface area contributed by atoms with Gasteiger partial charge in [0.15, 0.2) is 5.96 Å². The Morgan fingerprint density at radius 3 is 2.84 bits per heavy atom. The lowest BCUT2D eigenvalue weighted by Gasteiger charge is -2.11. The lowest BCUT2D eigenvalue weighted by atomic mass is 10.3. The predicted molar refractivity (Wildman–Crippen MR) is 98.7 cm³/mol. The van der Waals surface area contributed by atoms with E-state index in [1.165, 1.54) is 4.88 Å². The monoisotopic (exact) mass is 358 g/mol. The summed E-state index contributed by atoms with van der Waals surface area (Å²) in [6.45, 7) is 5.70. The SMILES string of the molecule is Cc1nc(CN=C(NCCc2ccco2)NCc2cccs2)oc1C. The molecule has 0 saturated carbocycles. The van der Waals surface area contributed by atoms with E-state index in [1.54, 1.807) is 17.6 Å². The predicted octanol–water partition coefficient (Wildman–Crippen LogP) is 3.42. The number of nitrogens with zero attached hydrogens (tertiary/aromatic N) is 2. The molecule has 0 fully saturated rings. The quantitative estimate of drug-likeness (QED) is 0.500. The second kappa shape index (κ2) is 8.53. The highest BCUT2D eigenvalue weighted by molar-refractivity contribution is 7.09. The smallest absolute Gasteiger partial charge is 0.216 e. The Hall–Kier alpha value is -2.54. The Morgan fingerprint density at radius 1 is 1.24 bits per heavy atom. The summed E-state index contributed by atoms with van der Waals surface area (Å²) in [6.07, 6.45) is 2.48. The Morgan fingerprint density at radius 2 is 2.16 bits per heavy atom. The van der Waals surface area contributed by atoms with Crippen molar-refractivity contribution in [3.8, 4) is 0 Å². The third-order valence-corrected chi connectivity index (χ3v) is 4.58. The van der Waals surface area contributed by atoms with Gasteiger partial charge < -0.3 is 19.5 Å². The van der Waals surface area contributed by atoms with Crippen LogP contribution < -0.4 is 10.6 Å². The van der Waals surface area contributed by atoms with Crippen LogP contribution in [0.1, 0.15) is 28.0 Å². The zero-order valence-electron chi connectivity index (χ0n) is 14.4. The van der Waals surface area contributed by atoms with Gasteiger partial charge >= 0.3 is 0 Å². The molecule has 3 rings (SSSR count). The number of guanidine groups is 1. The molecule has 0 atom stereocenters. The molecule has 0 aliphatic heterocycles. The summed E-state index contributed by atoms with van der Waals surface area (Å²) < 4.78 is 10.9. The average molecular weight is 358 g/mol. The maximum absolute atomic E-state index is 5.59. The van der Waals surface area contributed by atoms with Gasteiger partial charge in [0.05, 0.1) is 18.5 Å². The van der Waals surface area contributed by atoms with Gasteiger partial charge in [-0.15, -0.1) is 11.3 Å². The molecule has 0 amide bonds. The number of hydrogen-bond donors (Lipinski definition) is 2. The summed E-state index contributed by atoms with van der Waals surface area (Å²) in [5.41, 5.74) is 0.907. The maximum atomic E-state index is 5.59. The molecule has 3 heterocycles. The van der Waals surface area contributed by atoms with Gasteiger partial charge in [-0.05, 0) is 37.4 Å². The molecule has 0 radical (unpaired) electrons. The molecule has 2 N–H and O–H groups in total. The fourth-order valence-corrected chi connectivity index (χ4v) is 2.92. The van der Waals surface area contributed by atoms with Crippen LogP contribution in [0.15, 0.2) is 49.7 Å². The van der Waals surface area contributed by atoms with Crippen molar-refractivity contribution in [2.24, 2.45) is 4.99 Å². The van der Waals surface area contributed by atoms with Crippen molar-refractivity contribution in [3.63, 3.8) is 0 Å². The number of aromatic nitrogens is 1. The highest BCUT2D eigenvalue weighted by atomic mass is 32.1. The third kappa shape index (κ3) is 5.22. The van der Waals surface area contributed by atoms with Crippen LogP contribution in [0.4, 0.5) is 0 Å². The van der Waals surface area contributed by atoms with Crippen LogP contribution in [0.5, 0.6) is 0 Å². The van der Waals surface area contributed by atoms with Gasteiger partial charge in [-0.3, -0.25) is 0 Å². The van der Waals surface area contributed by atoms with Gasteiger partial charge in [0.2, 0.25) is 5.89 Å². The first-order chi connectivity index (χ1) is 12.2. The fourth-order valence-electron chi connectivity index (χ4n) is 2.27. The molecule has 6 nitrogen and oxygen atoms in total. The lowest BCUT2D eigenvalue weighted by molar-refractivity contribution is 0.472. The summed E-state index contributed by atoms with van der Waals surface area (Å²) in [7, 11) is 0. The third-order valence-electron chi connectivity index (χ3n) is 3.70. The van der Waals surface area contributed by atoms with Gasteiger partial charge in [-0.1, -0.05) is 6.07 Å². The van der Waals surface area contributed by atoms with Crippen molar-refractivity contribution in [2.75, 3.05) is 6.54 Å². The molecule has 0 unspecified atom stereocenters. The molecule has 0 saturated heterocycles. The number of oxazole rings is 1. The highest BCUT2D eigenvalue weighted by Gasteiger charge is 2.06. The molecular formula is C18H22N4O2S. The van der Waals surface area contributed by atoms with Crippen molar-refractivity contribution in [2.45, 2.75) is 33.4 Å². The van der Waals surface area contributed by atoms with Crippen molar-refractivity contribution < 1.29 is 8.83 Å². The molecule has 3 aromatic rings. The van der Waals surface area contributed by atoms with E-state index >= 15 is 0 Å². The molecule has 0 bridgehead atoms. The van der Waals surface area contributed by atoms with E-state index in [2.05, 4.69) is 32.1 Å². The molecule has 0 aliphatic rings. The minimum absolute atomic E-state index is 0.398. The summed E-state index contributed by atoms with van der Waals surface area (Å²) in [4.78, 5) is 10.2. The zero-order chi connectivity index (χ0) is 17.5. The Bertz CT molecular complexity index is 772. The van der Waals surface area contributed by atoms with Crippen LogP contribution in [-0.2, 0) is 19.5 Å². The summed E-state index contributed by atoms with van der Waals surface area (Å²) in [5, 5.41) is 8.74. The van der Waals surface area contributed by atoms with Crippen molar-refractivity contribution in [1.29, 1.82) is 0 Å². The van der Waals surface area contributed by atoms with E-state index in [-0.39, 0.29) is 0 Å². The van der Waals surface area contributed by atoms with E-state index in [0.29, 0.717) is 12.4 Å². The van der Waals surface area contributed by atoms with E-state index in [1.807, 2.05) is 32.0 Å². The second-order valence-electron chi connectivity index (χ2n) is 5.60. The molecule has 0 spiro atoms. The van der Waals surface area contributed by atoms with Crippen molar-refractivity contribution in [3.05, 3.63) is 63.9 Å². The topological polar surface area (TPSA) is 75.6 Å². The number of aryl methyl sites for hydroxylation is 2. The highest BCUT2D eigenvalue weighted by Crippen LogP contribution is 2.10. The molecule has 7 heteroatoms. The first-order valence-corrected chi connectivity index (χ1v) is 9.08. The normalized spacial score (nSPS) is 11.7. The number of nitrogens with one attached hydrogen (secondary N) is 2. The van der Waals surface area contributed by atoms with Crippen LogP contribution >= 0.6 is 11.3 Å². The minimum atomic E-state index is 0.398. The second-order valence-corrected chi connectivity index (χ2v) is 6.64. The molecule has 0 aliphatic carbocycles. The van der Waals surface area contributed by atoms with E-state index in [4.69, 9.17) is 8.83 Å². The van der Waals surface area contributed by atoms with Crippen LogP contribution in [0, 0.1) is 13.8 Å². The van der Waals surface area contributed by atoms with Gasteiger partial charge in [0.25, 0.3) is 0 Å². The first kappa shape index (κ1) is 17.3. The summed E-state index contributed by atoms with van der Waals surface area (Å²) in [5.74, 6) is 3.14. The number of hydrogen-bond acceptors (Lipinski definition) is 5. The largest absolute Gasteiger partial charge is 0.469 e. The van der Waals surface area contributed by atoms with Gasteiger partial charge in [0, 0.05) is 17.8 Å². The van der Waals surface area contributed by atoms with Crippen molar-refractivity contribution >= 4 is 17.3 Å².